The smallest absolute Gasteiger partial charge is 0.376 e. The fraction of sp³-hybridized carbons (Fsp3) is 1.00. The van der Waals surface area contributed by atoms with E-state index in [1.807, 2.05) is 0 Å². The Bertz CT molecular complexity index is 328. The predicted octanol–water partition coefficient (Wildman–Crippen LogP) is -0.788. The molecule has 0 aromatic heterocycles. The SMILES string of the molecule is B[C@@H]1OC(C(C)OP(=O)(O)O)[C@@H](OC)[C@H]1OCCF. The molecule has 10 heteroatoms. The molecule has 5 atom stereocenters. The standard InChI is InChI=1S/C9H19BFO7P/c1-5(18-19(12,13)14)6-7(15-2)8(9(10)17-6)16-4-3-11/h5-9H,3-4,10H2,1-2H3,(H2,12,13,14)/t5?,6?,7-,8-,9-/m1/s1. The number of hydrogen-bond acceptors (Lipinski definition) is 5. The lowest BCUT2D eigenvalue weighted by Gasteiger charge is -2.26. The van der Waals surface area contributed by atoms with Gasteiger partial charge in [0.25, 0.3) is 0 Å². The van der Waals surface area contributed by atoms with Gasteiger partial charge in [0.05, 0.1) is 18.7 Å². The molecule has 1 aliphatic rings. The third-order valence-corrected chi connectivity index (χ3v) is 3.52. The summed E-state index contributed by atoms with van der Waals surface area (Å²) in [7, 11) is -1.46. The summed E-state index contributed by atoms with van der Waals surface area (Å²) in [6.07, 6.45) is -2.67. The maximum atomic E-state index is 12.1. The van der Waals surface area contributed by atoms with E-state index in [4.69, 9.17) is 24.0 Å². The molecule has 1 rings (SSSR count). The van der Waals surface area contributed by atoms with Gasteiger partial charge in [0.1, 0.15) is 32.8 Å². The van der Waals surface area contributed by atoms with Crippen molar-refractivity contribution in [1.29, 1.82) is 0 Å². The Morgan fingerprint density at radius 2 is 2.11 bits per heavy atom. The summed E-state index contributed by atoms with van der Waals surface area (Å²) in [5.41, 5.74) is 0. The number of rotatable bonds is 7. The zero-order valence-corrected chi connectivity index (χ0v) is 12.0. The highest BCUT2D eigenvalue weighted by atomic mass is 31.2. The highest BCUT2D eigenvalue weighted by molar-refractivity contribution is 7.46. The Morgan fingerprint density at radius 1 is 1.47 bits per heavy atom. The van der Waals surface area contributed by atoms with E-state index in [0.29, 0.717) is 0 Å². The van der Waals surface area contributed by atoms with Crippen LogP contribution in [0.25, 0.3) is 0 Å². The normalized spacial score (nSPS) is 33.5. The second-order valence-corrected chi connectivity index (χ2v) is 5.52. The third kappa shape index (κ3) is 4.79. The molecule has 0 amide bonds. The third-order valence-electron chi connectivity index (χ3n) is 2.91. The van der Waals surface area contributed by atoms with E-state index in [1.165, 1.54) is 14.0 Å². The van der Waals surface area contributed by atoms with Gasteiger partial charge in [-0.3, -0.25) is 4.52 Å². The lowest BCUT2D eigenvalue weighted by molar-refractivity contribution is -0.0700. The number of phosphoric acid groups is 1. The molecule has 7 nitrogen and oxygen atoms in total. The van der Waals surface area contributed by atoms with Crippen molar-refractivity contribution in [1.82, 2.24) is 0 Å². The Balaban J connectivity index is 2.71. The van der Waals surface area contributed by atoms with Crippen molar-refractivity contribution in [2.75, 3.05) is 20.4 Å². The Kier molecular flexibility index (Phi) is 6.39. The number of alkyl halides is 1. The van der Waals surface area contributed by atoms with E-state index in [2.05, 4.69) is 4.52 Å². The van der Waals surface area contributed by atoms with Gasteiger partial charge in [-0.25, -0.2) is 8.96 Å². The van der Waals surface area contributed by atoms with Crippen LogP contribution in [0, 0.1) is 0 Å². The fourth-order valence-electron chi connectivity index (χ4n) is 2.19. The molecule has 1 aliphatic heterocycles. The highest BCUT2D eigenvalue weighted by Gasteiger charge is 2.47. The molecule has 19 heavy (non-hydrogen) atoms. The molecule has 0 bridgehead atoms. The van der Waals surface area contributed by atoms with Gasteiger partial charge in [-0.05, 0) is 6.92 Å². The second kappa shape index (κ2) is 7.13. The first-order valence-electron chi connectivity index (χ1n) is 5.90. The molecule has 0 aliphatic carbocycles. The molecular formula is C9H19BFO7P. The van der Waals surface area contributed by atoms with Crippen LogP contribution in [0.3, 0.4) is 0 Å². The van der Waals surface area contributed by atoms with Crippen molar-refractivity contribution < 1.29 is 37.5 Å². The molecule has 0 radical (unpaired) electrons. The van der Waals surface area contributed by atoms with E-state index < -0.39 is 38.9 Å². The van der Waals surface area contributed by atoms with Crippen LogP contribution in [0.2, 0.25) is 0 Å². The summed E-state index contributed by atoms with van der Waals surface area (Å²) in [5.74, 6) is 0. The summed E-state index contributed by atoms with van der Waals surface area (Å²) in [6.45, 7) is 0.761. The number of phosphoric ester groups is 1. The summed E-state index contributed by atoms with van der Waals surface area (Å²) in [5, 5.41) is 0. The molecule has 1 heterocycles. The zero-order chi connectivity index (χ0) is 14.6. The van der Waals surface area contributed by atoms with Crippen molar-refractivity contribution in [3.8, 4) is 0 Å². The maximum absolute atomic E-state index is 12.1. The van der Waals surface area contributed by atoms with Gasteiger partial charge in [0, 0.05) is 7.11 Å². The van der Waals surface area contributed by atoms with Crippen LogP contribution in [-0.4, -0.2) is 68.4 Å². The van der Waals surface area contributed by atoms with Crippen LogP contribution < -0.4 is 0 Å². The lowest BCUT2D eigenvalue weighted by atomic mass is 9.92. The number of methoxy groups -OCH3 is 1. The van der Waals surface area contributed by atoms with Crippen LogP contribution in [0.5, 0.6) is 0 Å². The first-order valence-corrected chi connectivity index (χ1v) is 7.43. The average molecular weight is 300 g/mol. The van der Waals surface area contributed by atoms with Crippen molar-refractivity contribution in [3.63, 3.8) is 0 Å². The molecule has 2 N–H and O–H groups in total. The molecule has 0 spiro atoms. The maximum Gasteiger partial charge on any atom is 0.469 e. The number of ether oxygens (including phenoxy) is 3. The summed E-state index contributed by atoms with van der Waals surface area (Å²) in [6, 6.07) is -0.385. The van der Waals surface area contributed by atoms with Crippen LogP contribution in [0.1, 0.15) is 6.92 Å². The van der Waals surface area contributed by atoms with Gasteiger partial charge in [-0.2, -0.15) is 0 Å². The zero-order valence-electron chi connectivity index (χ0n) is 11.1. The second-order valence-electron chi connectivity index (χ2n) is 4.33. The highest BCUT2D eigenvalue weighted by Crippen LogP contribution is 2.40. The monoisotopic (exact) mass is 300 g/mol. The van der Waals surface area contributed by atoms with Crippen molar-refractivity contribution >= 4 is 15.7 Å². The van der Waals surface area contributed by atoms with Gasteiger partial charge in [-0.1, -0.05) is 0 Å². The lowest BCUT2D eigenvalue weighted by Crippen LogP contribution is -2.41. The van der Waals surface area contributed by atoms with Crippen LogP contribution >= 0.6 is 7.82 Å². The van der Waals surface area contributed by atoms with E-state index in [0.717, 1.165) is 0 Å². The average Bonchev–Trinajstić information content (AvgIpc) is 2.61. The number of halogens is 1. The number of hydrogen-bond donors (Lipinski definition) is 2. The molecule has 2 unspecified atom stereocenters. The van der Waals surface area contributed by atoms with E-state index in [1.54, 1.807) is 7.85 Å². The molecule has 112 valence electrons. The molecule has 1 fully saturated rings. The quantitative estimate of drug-likeness (QED) is 0.470. The largest absolute Gasteiger partial charge is 0.469 e. The predicted molar refractivity (Wildman–Crippen MR) is 66.3 cm³/mol. The molecule has 1 saturated heterocycles. The van der Waals surface area contributed by atoms with Gasteiger partial charge in [0.15, 0.2) is 0 Å². The van der Waals surface area contributed by atoms with Crippen LogP contribution in [0.15, 0.2) is 0 Å². The van der Waals surface area contributed by atoms with Gasteiger partial charge in [-0.15, -0.1) is 0 Å². The molecule has 0 saturated carbocycles. The minimum absolute atomic E-state index is 0.0846. The van der Waals surface area contributed by atoms with Crippen molar-refractivity contribution in [2.24, 2.45) is 0 Å². The Hall–Kier alpha value is -0.0151. The summed E-state index contributed by atoms with van der Waals surface area (Å²) < 4.78 is 43.6. The van der Waals surface area contributed by atoms with E-state index >= 15 is 0 Å². The Morgan fingerprint density at radius 3 is 2.58 bits per heavy atom. The van der Waals surface area contributed by atoms with Crippen LogP contribution in [-0.2, 0) is 23.3 Å². The molecular weight excluding hydrogens is 281 g/mol. The van der Waals surface area contributed by atoms with E-state index in [9.17, 15) is 8.96 Å². The van der Waals surface area contributed by atoms with Gasteiger partial charge < -0.3 is 24.0 Å². The topological polar surface area (TPSA) is 94.5 Å². The first-order chi connectivity index (χ1) is 8.80. The van der Waals surface area contributed by atoms with Crippen LogP contribution in [0.4, 0.5) is 4.39 Å². The minimum atomic E-state index is -4.61. The first kappa shape index (κ1) is 17.0. The minimum Gasteiger partial charge on any atom is -0.376 e. The Labute approximate surface area is 112 Å². The molecule has 0 aromatic rings. The summed E-state index contributed by atoms with van der Waals surface area (Å²) >= 11 is 0. The van der Waals surface area contributed by atoms with Gasteiger partial charge >= 0.3 is 7.82 Å². The van der Waals surface area contributed by atoms with Crippen molar-refractivity contribution in [2.45, 2.75) is 37.3 Å². The molecule has 0 aromatic carbocycles. The fourth-order valence-corrected chi connectivity index (χ4v) is 2.74. The van der Waals surface area contributed by atoms with Crippen molar-refractivity contribution in [3.05, 3.63) is 0 Å². The van der Waals surface area contributed by atoms with E-state index in [-0.39, 0.29) is 12.6 Å². The summed E-state index contributed by atoms with van der Waals surface area (Å²) in [4.78, 5) is 17.6. The van der Waals surface area contributed by atoms with Gasteiger partial charge in [0.2, 0.25) is 0 Å².